The molecule has 10 nitrogen and oxygen atoms in total. The number of methoxy groups -OCH3 is 1. The quantitative estimate of drug-likeness (QED) is 0.149. The number of nitrogens with one attached hydrogen (secondary N) is 1. The maximum atomic E-state index is 13.7. The van der Waals surface area contributed by atoms with Gasteiger partial charge in [-0.15, -0.1) is 11.3 Å². The zero-order valence-electron chi connectivity index (χ0n) is 22.4. The number of carbonyl (C=O) groups is 2. The van der Waals surface area contributed by atoms with Crippen LogP contribution in [0.4, 0.5) is 5.69 Å². The lowest BCUT2D eigenvalue weighted by atomic mass is 9.72. The maximum Gasteiger partial charge on any atom is 0.336 e. The van der Waals surface area contributed by atoms with Gasteiger partial charge in [-0.3, -0.25) is 14.9 Å². The van der Waals surface area contributed by atoms with E-state index in [-0.39, 0.29) is 48.2 Å². The van der Waals surface area contributed by atoms with Gasteiger partial charge in [-0.25, -0.2) is 4.79 Å². The molecule has 3 aromatic rings. The summed E-state index contributed by atoms with van der Waals surface area (Å²) >= 11 is 1.58. The van der Waals surface area contributed by atoms with Crippen LogP contribution in [0.15, 0.2) is 82.5 Å². The van der Waals surface area contributed by atoms with Crippen molar-refractivity contribution in [1.29, 1.82) is 0 Å². The van der Waals surface area contributed by atoms with E-state index in [1.807, 2.05) is 35.7 Å². The number of esters is 1. The average Bonchev–Trinajstić information content (AvgIpc) is 3.50. The molecule has 0 fully saturated rings. The molecule has 212 valence electrons. The van der Waals surface area contributed by atoms with Gasteiger partial charge in [0.25, 0.3) is 0 Å². The number of rotatable bonds is 9. The van der Waals surface area contributed by atoms with Crippen LogP contribution in [0, 0.1) is 10.1 Å². The molecule has 0 unspecified atom stereocenters. The summed E-state index contributed by atoms with van der Waals surface area (Å²) in [6.07, 6.45) is 0.751. The molecule has 1 aliphatic carbocycles. The van der Waals surface area contributed by atoms with Crippen molar-refractivity contribution in [2.24, 2.45) is 0 Å². The van der Waals surface area contributed by atoms with Crippen molar-refractivity contribution < 1.29 is 33.8 Å². The Morgan fingerprint density at radius 2 is 1.93 bits per heavy atom. The van der Waals surface area contributed by atoms with E-state index in [1.54, 1.807) is 30.4 Å². The van der Waals surface area contributed by atoms with Gasteiger partial charge in [0.15, 0.2) is 11.5 Å². The highest BCUT2D eigenvalue weighted by atomic mass is 32.1. The van der Waals surface area contributed by atoms with Crippen LogP contribution in [0.5, 0.6) is 17.2 Å². The zero-order chi connectivity index (χ0) is 29.1. The molecule has 0 bridgehead atoms. The summed E-state index contributed by atoms with van der Waals surface area (Å²) in [5.41, 5.74) is 1.28. The van der Waals surface area contributed by atoms with Gasteiger partial charge in [0.1, 0.15) is 19.0 Å². The van der Waals surface area contributed by atoms with Crippen LogP contribution in [-0.2, 0) is 14.3 Å². The summed E-state index contributed by atoms with van der Waals surface area (Å²) in [4.78, 5) is 39.4. The third-order valence-electron chi connectivity index (χ3n) is 7.15. The minimum absolute atomic E-state index is 0.0328. The molecule has 2 aromatic carbocycles. The van der Waals surface area contributed by atoms with E-state index in [2.05, 4.69) is 5.32 Å². The number of aromatic hydroxyl groups is 1. The minimum Gasteiger partial charge on any atom is -0.500 e. The highest BCUT2D eigenvalue weighted by Crippen LogP contribution is 2.49. The van der Waals surface area contributed by atoms with Gasteiger partial charge < -0.3 is 24.6 Å². The number of hydrogen-bond donors (Lipinski definition) is 2. The van der Waals surface area contributed by atoms with Gasteiger partial charge in [0, 0.05) is 46.2 Å². The van der Waals surface area contributed by atoms with E-state index < -0.39 is 28.2 Å². The number of phenolic OH excluding ortho intramolecular Hbond substituents is 1. The van der Waals surface area contributed by atoms with Crippen molar-refractivity contribution in [1.82, 2.24) is 5.32 Å². The second-order valence-corrected chi connectivity index (χ2v) is 10.7. The Kier molecular flexibility index (Phi) is 8.06. The van der Waals surface area contributed by atoms with E-state index in [0.29, 0.717) is 29.1 Å². The number of ketones is 1. The van der Waals surface area contributed by atoms with Gasteiger partial charge in [-0.1, -0.05) is 24.3 Å². The molecule has 41 heavy (non-hydrogen) atoms. The third-order valence-corrected chi connectivity index (χ3v) is 8.18. The minimum atomic E-state index is -0.973. The smallest absolute Gasteiger partial charge is 0.336 e. The Hall–Kier alpha value is -4.64. The maximum absolute atomic E-state index is 13.7. The monoisotopic (exact) mass is 576 g/mol. The fourth-order valence-electron chi connectivity index (χ4n) is 5.33. The lowest BCUT2D eigenvalue weighted by molar-refractivity contribution is -0.386. The van der Waals surface area contributed by atoms with Gasteiger partial charge in [-0.05, 0) is 48.6 Å². The van der Waals surface area contributed by atoms with E-state index in [0.717, 1.165) is 4.88 Å². The lowest BCUT2D eigenvalue weighted by Gasteiger charge is -2.36. The number of ether oxygens (including phenoxy) is 3. The molecule has 1 aliphatic heterocycles. The summed E-state index contributed by atoms with van der Waals surface area (Å²) in [6.45, 7) is 1.75. The van der Waals surface area contributed by atoms with Crippen molar-refractivity contribution in [3.05, 3.63) is 103 Å². The molecule has 0 saturated heterocycles. The van der Waals surface area contributed by atoms with Crippen LogP contribution in [0.2, 0.25) is 0 Å². The number of nitrogens with zero attached hydrogens (tertiary/aromatic N) is 1. The van der Waals surface area contributed by atoms with E-state index in [1.165, 1.54) is 19.2 Å². The molecule has 2 heterocycles. The Morgan fingerprint density at radius 1 is 1.15 bits per heavy atom. The average molecular weight is 577 g/mol. The number of benzene rings is 2. The second kappa shape index (κ2) is 11.8. The fourth-order valence-corrected chi connectivity index (χ4v) is 6.16. The molecular formula is C30H28N2O8S. The Morgan fingerprint density at radius 3 is 2.61 bits per heavy atom. The molecule has 2 N–H and O–H groups in total. The van der Waals surface area contributed by atoms with Crippen LogP contribution >= 0.6 is 11.3 Å². The van der Waals surface area contributed by atoms with Gasteiger partial charge in [0.2, 0.25) is 5.75 Å². The molecule has 0 spiro atoms. The molecular weight excluding hydrogens is 548 g/mol. The molecule has 0 radical (unpaired) electrons. The Balaban J connectivity index is 1.51. The number of thiophene rings is 1. The number of Topliss-reactive ketones (excluding diaryl/α,β-unsaturated/α-hetero) is 1. The first kappa shape index (κ1) is 27.9. The SMILES string of the molecule is COc1cc([C@@H]2C(C(=O)OCCOc3ccccc3)=C(C)NC3=C2C(=O)C[C@@H](c2cccs2)C3)cc([N+](=O)[O-])c1O. The molecule has 0 saturated carbocycles. The van der Waals surface area contributed by atoms with Gasteiger partial charge in [0.05, 0.1) is 17.6 Å². The summed E-state index contributed by atoms with van der Waals surface area (Å²) < 4.78 is 16.4. The first-order chi connectivity index (χ1) is 19.8. The van der Waals surface area contributed by atoms with Crippen molar-refractivity contribution in [3.63, 3.8) is 0 Å². The second-order valence-electron chi connectivity index (χ2n) is 9.68. The molecule has 5 rings (SSSR count). The highest BCUT2D eigenvalue weighted by molar-refractivity contribution is 7.10. The summed E-state index contributed by atoms with van der Waals surface area (Å²) in [7, 11) is 1.27. The molecule has 0 amide bonds. The first-order valence-corrected chi connectivity index (χ1v) is 13.8. The Labute approximate surface area is 240 Å². The van der Waals surface area contributed by atoms with E-state index in [4.69, 9.17) is 14.2 Å². The number of nitro groups is 1. The molecule has 2 aliphatic rings. The predicted molar refractivity (Wildman–Crippen MR) is 151 cm³/mol. The predicted octanol–water partition coefficient (Wildman–Crippen LogP) is 5.35. The van der Waals surface area contributed by atoms with Crippen LogP contribution in [0.25, 0.3) is 0 Å². The number of allylic oxidation sites excluding steroid dienone is 3. The standard InChI is InChI=1S/C30H28N2O8S/c1-17-26(30(35)40-11-10-39-20-7-4-3-5-8-20)27(19-14-22(32(36)37)29(34)24(16-19)38-2)28-21(31-17)13-18(15-23(28)33)25-9-6-12-41-25/h3-9,12,14,16,18,27,31,34H,10-11,13,15H2,1-2H3/t18-,27+/m0/s1. The normalized spacial score (nSPS) is 18.4. The summed E-state index contributed by atoms with van der Waals surface area (Å²) in [5, 5.41) is 27.4. The summed E-state index contributed by atoms with van der Waals surface area (Å²) in [6, 6.07) is 15.6. The van der Waals surface area contributed by atoms with E-state index in [9.17, 15) is 24.8 Å². The van der Waals surface area contributed by atoms with Crippen molar-refractivity contribution in [3.8, 4) is 17.2 Å². The van der Waals surface area contributed by atoms with Gasteiger partial charge in [-0.2, -0.15) is 0 Å². The van der Waals surface area contributed by atoms with Crippen LogP contribution < -0.4 is 14.8 Å². The largest absolute Gasteiger partial charge is 0.500 e. The van der Waals surface area contributed by atoms with E-state index >= 15 is 0 Å². The Bertz CT molecular complexity index is 1550. The fraction of sp³-hybridized carbons (Fsp3) is 0.267. The van der Waals surface area contributed by atoms with Crippen LogP contribution in [-0.4, -0.2) is 42.1 Å². The number of carbonyl (C=O) groups excluding carboxylic acids is 2. The highest BCUT2D eigenvalue weighted by Gasteiger charge is 2.42. The topological polar surface area (TPSA) is 137 Å². The molecule has 2 atom stereocenters. The lowest BCUT2D eigenvalue weighted by Crippen LogP contribution is -2.36. The number of para-hydroxylation sites is 1. The number of phenols is 1. The number of dihydropyridines is 1. The number of nitro benzene ring substituents is 1. The van der Waals surface area contributed by atoms with Crippen molar-refractivity contribution in [2.45, 2.75) is 31.6 Å². The zero-order valence-corrected chi connectivity index (χ0v) is 23.2. The van der Waals surface area contributed by atoms with Crippen molar-refractivity contribution in [2.75, 3.05) is 20.3 Å². The van der Waals surface area contributed by atoms with Crippen molar-refractivity contribution >= 4 is 28.8 Å². The summed E-state index contributed by atoms with van der Waals surface area (Å²) in [5.74, 6) is -2.03. The molecule has 11 heteroatoms. The third kappa shape index (κ3) is 5.66. The number of hydrogen-bond acceptors (Lipinski definition) is 10. The first-order valence-electron chi connectivity index (χ1n) is 13.0. The molecule has 1 aromatic heterocycles. The van der Waals surface area contributed by atoms with Crippen LogP contribution in [0.1, 0.15) is 42.0 Å². The van der Waals surface area contributed by atoms with Gasteiger partial charge >= 0.3 is 11.7 Å². The van der Waals surface area contributed by atoms with Crippen LogP contribution in [0.3, 0.4) is 0 Å².